The fraction of sp³-hybridized carbons (Fsp3) is 0.478. The molecule has 0 aliphatic carbocycles. The second kappa shape index (κ2) is 11.3. The molecule has 0 unspecified atom stereocenters. The zero-order valence-corrected chi connectivity index (χ0v) is 19.9. The van der Waals surface area contributed by atoms with Crippen LogP contribution in [0, 0.1) is 27.2 Å². The highest BCUT2D eigenvalue weighted by molar-refractivity contribution is 9.10. The molecule has 2 aliphatic heterocycles. The Bertz CT molecular complexity index is 880. The molecule has 0 saturated carbocycles. The Hall–Kier alpha value is -2.68. The van der Waals surface area contributed by atoms with E-state index in [9.17, 15) is 20.2 Å². The van der Waals surface area contributed by atoms with Crippen LogP contribution in [0.1, 0.15) is 44.1 Å². The molecule has 0 spiro atoms. The summed E-state index contributed by atoms with van der Waals surface area (Å²) in [7, 11) is 0. The monoisotopic (exact) mass is 504 g/mol. The van der Waals surface area contributed by atoms with Gasteiger partial charge in [-0.25, -0.2) is 0 Å². The van der Waals surface area contributed by atoms with E-state index >= 15 is 0 Å². The van der Waals surface area contributed by atoms with E-state index in [0.717, 1.165) is 73.3 Å². The average Bonchev–Trinajstić information content (AvgIpc) is 2.80. The quantitative estimate of drug-likeness (QED) is 0.361. The van der Waals surface area contributed by atoms with Gasteiger partial charge >= 0.3 is 0 Å². The minimum absolute atomic E-state index is 0.199. The van der Waals surface area contributed by atoms with Gasteiger partial charge in [-0.15, -0.1) is 0 Å². The number of hydrogen-bond acceptors (Lipinski definition) is 6. The highest BCUT2D eigenvalue weighted by Crippen LogP contribution is 2.33. The minimum Gasteiger partial charge on any atom is -0.366 e. The lowest BCUT2D eigenvalue weighted by Crippen LogP contribution is -2.29. The number of rotatable bonds is 4. The van der Waals surface area contributed by atoms with E-state index in [1.807, 2.05) is 19.1 Å². The van der Waals surface area contributed by atoms with E-state index in [4.69, 9.17) is 0 Å². The summed E-state index contributed by atoms with van der Waals surface area (Å²) < 4.78 is 0.888. The van der Waals surface area contributed by atoms with Gasteiger partial charge < -0.3 is 9.80 Å². The number of nitrogens with zero attached hydrogens (tertiary/aromatic N) is 4. The maximum absolute atomic E-state index is 11.0. The summed E-state index contributed by atoms with van der Waals surface area (Å²) in [5.41, 5.74) is 3.02. The van der Waals surface area contributed by atoms with Gasteiger partial charge in [0, 0.05) is 42.8 Å². The third-order valence-electron chi connectivity index (χ3n) is 5.86. The van der Waals surface area contributed by atoms with Crippen molar-refractivity contribution in [2.45, 2.75) is 45.4 Å². The summed E-state index contributed by atoms with van der Waals surface area (Å²) in [5.74, 6) is 0. The van der Waals surface area contributed by atoms with Crippen LogP contribution in [-0.4, -0.2) is 36.0 Å². The van der Waals surface area contributed by atoms with Crippen LogP contribution in [0.4, 0.5) is 22.7 Å². The van der Waals surface area contributed by atoms with Crippen LogP contribution < -0.4 is 9.80 Å². The van der Waals surface area contributed by atoms with Crippen molar-refractivity contribution in [1.29, 1.82) is 0 Å². The number of aryl methyl sites for hydroxylation is 1. The Morgan fingerprint density at radius 1 is 0.719 bits per heavy atom. The molecule has 32 heavy (non-hydrogen) atoms. The lowest BCUT2D eigenvalue weighted by molar-refractivity contribution is -0.384. The molecule has 2 aromatic rings. The van der Waals surface area contributed by atoms with Gasteiger partial charge in [0.1, 0.15) is 11.4 Å². The summed E-state index contributed by atoms with van der Waals surface area (Å²) in [6, 6.07) is 10.4. The first-order valence-corrected chi connectivity index (χ1v) is 11.8. The smallest absolute Gasteiger partial charge is 0.292 e. The lowest BCUT2D eigenvalue weighted by atomic mass is 10.1. The van der Waals surface area contributed by atoms with Crippen LogP contribution in [0.15, 0.2) is 40.9 Å². The minimum atomic E-state index is -0.309. The molecule has 172 valence electrons. The van der Waals surface area contributed by atoms with E-state index in [-0.39, 0.29) is 21.2 Å². The fourth-order valence-corrected chi connectivity index (χ4v) is 4.56. The third-order valence-corrected chi connectivity index (χ3v) is 6.35. The second-order valence-electron chi connectivity index (χ2n) is 8.23. The van der Waals surface area contributed by atoms with Gasteiger partial charge in [0.25, 0.3) is 11.4 Å². The Kier molecular flexibility index (Phi) is 8.44. The van der Waals surface area contributed by atoms with Crippen LogP contribution >= 0.6 is 15.9 Å². The number of hydrogen-bond donors (Lipinski definition) is 0. The number of benzene rings is 2. The highest BCUT2D eigenvalue weighted by Gasteiger charge is 2.22. The highest BCUT2D eigenvalue weighted by atomic mass is 79.9. The van der Waals surface area contributed by atoms with Crippen molar-refractivity contribution >= 4 is 38.7 Å². The van der Waals surface area contributed by atoms with Gasteiger partial charge in [-0.2, -0.15) is 0 Å². The van der Waals surface area contributed by atoms with Gasteiger partial charge in [-0.3, -0.25) is 20.2 Å². The molecule has 0 aromatic heterocycles. The second-order valence-corrected chi connectivity index (χ2v) is 9.15. The number of nitro groups is 2. The molecule has 2 aliphatic rings. The molecule has 8 nitrogen and oxygen atoms in total. The molecule has 9 heteroatoms. The summed E-state index contributed by atoms with van der Waals surface area (Å²) in [6.45, 7) is 5.67. The van der Waals surface area contributed by atoms with Crippen LogP contribution in [0.25, 0.3) is 0 Å². The summed E-state index contributed by atoms with van der Waals surface area (Å²) in [5, 5.41) is 21.9. The van der Waals surface area contributed by atoms with Gasteiger partial charge in [0.15, 0.2) is 0 Å². The van der Waals surface area contributed by atoms with E-state index in [1.165, 1.54) is 12.8 Å². The first-order chi connectivity index (χ1) is 15.4. The zero-order valence-electron chi connectivity index (χ0n) is 18.3. The zero-order chi connectivity index (χ0) is 23.1. The average molecular weight is 505 g/mol. The first kappa shape index (κ1) is 24.0. The molecule has 0 amide bonds. The molecule has 2 aromatic carbocycles. The number of nitro benzene ring substituents is 2. The molecule has 0 radical (unpaired) electrons. The maximum atomic E-state index is 11.0. The fourth-order valence-electron chi connectivity index (χ4n) is 4.22. The Morgan fingerprint density at radius 2 is 1.16 bits per heavy atom. The first-order valence-electron chi connectivity index (χ1n) is 11.1. The van der Waals surface area contributed by atoms with Crippen molar-refractivity contribution < 1.29 is 9.85 Å². The third kappa shape index (κ3) is 6.18. The maximum Gasteiger partial charge on any atom is 0.292 e. The van der Waals surface area contributed by atoms with Crippen molar-refractivity contribution in [3.05, 3.63) is 66.7 Å². The molecule has 2 fully saturated rings. The predicted molar refractivity (Wildman–Crippen MR) is 131 cm³/mol. The molecule has 0 bridgehead atoms. The molecule has 2 saturated heterocycles. The topological polar surface area (TPSA) is 92.8 Å². The lowest BCUT2D eigenvalue weighted by Gasteiger charge is -2.28. The van der Waals surface area contributed by atoms with Crippen molar-refractivity contribution in [2.24, 2.45) is 0 Å². The van der Waals surface area contributed by atoms with Crippen molar-refractivity contribution in [2.75, 3.05) is 36.0 Å². The largest absolute Gasteiger partial charge is 0.366 e. The Labute approximate surface area is 196 Å². The van der Waals surface area contributed by atoms with E-state index < -0.39 is 0 Å². The summed E-state index contributed by atoms with van der Waals surface area (Å²) >= 11 is 3.36. The number of anilines is 2. The standard InChI is InChI=1S/C12H16N2O2.C11H13BrN2O2/c1-10-5-6-11(14(15)16)12(9-10)13-7-3-2-4-8-13;12-9-4-5-10(14(15)16)11(8-9)13-6-2-1-3-7-13/h5-6,9H,2-4,7-8H2,1H3;4-5,8H,1-3,6-7H2. The molecular formula is C23H29BrN4O4. The van der Waals surface area contributed by atoms with Crippen molar-refractivity contribution in [1.82, 2.24) is 0 Å². The van der Waals surface area contributed by atoms with Gasteiger partial charge in [0.05, 0.1) is 9.85 Å². The molecule has 0 atom stereocenters. The van der Waals surface area contributed by atoms with Crippen molar-refractivity contribution in [3.63, 3.8) is 0 Å². The Balaban J connectivity index is 0.000000181. The van der Waals surface area contributed by atoms with Crippen LogP contribution in [0.2, 0.25) is 0 Å². The van der Waals surface area contributed by atoms with Gasteiger partial charge in [0.2, 0.25) is 0 Å². The molecule has 4 rings (SSSR count). The van der Waals surface area contributed by atoms with E-state index in [2.05, 4.69) is 25.7 Å². The van der Waals surface area contributed by atoms with Crippen LogP contribution in [0.3, 0.4) is 0 Å². The van der Waals surface area contributed by atoms with Gasteiger partial charge in [-0.05, 0) is 69.2 Å². The number of halogens is 1. The molecule has 2 heterocycles. The normalized spacial score (nSPS) is 16.2. The molecular weight excluding hydrogens is 476 g/mol. The van der Waals surface area contributed by atoms with Crippen LogP contribution in [-0.2, 0) is 0 Å². The summed E-state index contributed by atoms with van der Waals surface area (Å²) in [4.78, 5) is 25.5. The van der Waals surface area contributed by atoms with Crippen molar-refractivity contribution in [3.8, 4) is 0 Å². The predicted octanol–water partition coefficient (Wildman–Crippen LogP) is 6.24. The van der Waals surface area contributed by atoms with Crippen LogP contribution in [0.5, 0.6) is 0 Å². The SMILES string of the molecule is Cc1ccc([N+](=O)[O-])c(N2CCCCC2)c1.O=[N+]([O-])c1ccc(Br)cc1N1CCCCC1. The van der Waals surface area contributed by atoms with Gasteiger partial charge in [-0.1, -0.05) is 22.0 Å². The Morgan fingerprint density at radius 3 is 1.62 bits per heavy atom. The van der Waals surface area contributed by atoms with E-state index in [1.54, 1.807) is 24.3 Å². The number of piperidine rings is 2. The molecule has 0 N–H and O–H groups in total. The van der Waals surface area contributed by atoms with E-state index in [0.29, 0.717) is 0 Å². The summed E-state index contributed by atoms with van der Waals surface area (Å²) in [6.07, 6.45) is 6.94.